The quantitative estimate of drug-likeness (QED) is 0.529. The number of halogens is 2. The second-order valence-corrected chi connectivity index (χ2v) is 6.71. The second-order valence-electron chi connectivity index (χ2n) is 6.71. The molecule has 3 aromatic rings. The van der Waals surface area contributed by atoms with Crippen molar-refractivity contribution in [2.24, 2.45) is 0 Å². The molecule has 0 aliphatic carbocycles. The van der Waals surface area contributed by atoms with Crippen molar-refractivity contribution in [2.45, 2.75) is 19.8 Å². The maximum atomic E-state index is 13.3. The fourth-order valence-corrected chi connectivity index (χ4v) is 3.07. The first-order valence-corrected chi connectivity index (χ1v) is 8.64. The van der Waals surface area contributed by atoms with E-state index in [2.05, 4.69) is 0 Å². The van der Waals surface area contributed by atoms with Crippen LogP contribution in [0.5, 0.6) is 11.5 Å². The number of aromatic hydroxyl groups is 2. The van der Waals surface area contributed by atoms with Gasteiger partial charge in [0.1, 0.15) is 23.1 Å². The fourth-order valence-electron chi connectivity index (χ4n) is 3.07. The van der Waals surface area contributed by atoms with Crippen molar-refractivity contribution in [3.05, 3.63) is 82.9 Å². The lowest BCUT2D eigenvalue weighted by atomic mass is 9.90. The molecule has 0 aliphatic heterocycles. The molecule has 0 unspecified atom stereocenters. The highest BCUT2D eigenvalue weighted by Gasteiger charge is 2.16. The van der Waals surface area contributed by atoms with Crippen molar-refractivity contribution < 1.29 is 19.0 Å². The normalized spacial score (nSPS) is 11.4. The first-order chi connectivity index (χ1) is 12.8. The monoisotopic (exact) mass is 366 g/mol. The molecule has 27 heavy (non-hydrogen) atoms. The van der Waals surface area contributed by atoms with Gasteiger partial charge in [0.15, 0.2) is 0 Å². The lowest BCUT2D eigenvalue weighted by Gasteiger charge is -2.16. The van der Waals surface area contributed by atoms with Crippen molar-refractivity contribution in [3.8, 4) is 22.6 Å². The van der Waals surface area contributed by atoms with Crippen LogP contribution in [0.1, 0.15) is 36.5 Å². The number of phenols is 2. The zero-order valence-electron chi connectivity index (χ0n) is 15.1. The number of hydrogen-bond acceptors (Lipinski definition) is 2. The van der Waals surface area contributed by atoms with Gasteiger partial charge < -0.3 is 10.2 Å². The molecule has 0 heterocycles. The van der Waals surface area contributed by atoms with Gasteiger partial charge in [-0.2, -0.15) is 0 Å². The molecule has 0 aromatic heterocycles. The first kappa shape index (κ1) is 18.6. The van der Waals surface area contributed by atoms with Gasteiger partial charge in [-0.05, 0) is 58.5 Å². The van der Waals surface area contributed by atoms with Gasteiger partial charge in [0, 0.05) is 6.07 Å². The minimum Gasteiger partial charge on any atom is -0.507 e. The van der Waals surface area contributed by atoms with E-state index in [-0.39, 0.29) is 17.4 Å². The predicted octanol–water partition coefficient (Wildman–Crippen LogP) is 6.34. The molecule has 4 heteroatoms. The standard InChI is InChI=1S/C23H20F2O2/c1-14(2)19-9-8-15(6-7-16-10-17(24)13-18(25)11-16)12-20(19)23-21(26)4-3-5-22(23)27/h3-14,26-27H,1-2H3/b7-6+. The zero-order valence-corrected chi connectivity index (χ0v) is 15.1. The minimum absolute atomic E-state index is 0.00905. The van der Waals surface area contributed by atoms with E-state index in [4.69, 9.17) is 0 Å². The van der Waals surface area contributed by atoms with Gasteiger partial charge in [0.2, 0.25) is 0 Å². The van der Waals surface area contributed by atoms with Gasteiger partial charge in [0.25, 0.3) is 0 Å². The van der Waals surface area contributed by atoms with Crippen LogP contribution in [0.25, 0.3) is 23.3 Å². The van der Waals surface area contributed by atoms with Gasteiger partial charge >= 0.3 is 0 Å². The smallest absolute Gasteiger partial charge is 0.127 e. The highest BCUT2D eigenvalue weighted by Crippen LogP contribution is 2.41. The topological polar surface area (TPSA) is 40.5 Å². The molecule has 3 aromatic carbocycles. The number of phenolic OH excluding ortho intramolecular Hbond substituents is 2. The van der Waals surface area contributed by atoms with Crippen molar-refractivity contribution in [1.82, 2.24) is 0 Å². The Balaban J connectivity index is 2.07. The molecule has 0 saturated carbocycles. The summed E-state index contributed by atoms with van der Waals surface area (Å²) in [5.74, 6) is -1.11. The van der Waals surface area contributed by atoms with Crippen LogP contribution in [0, 0.1) is 11.6 Å². The summed E-state index contributed by atoms with van der Waals surface area (Å²) in [5.41, 5.74) is 3.25. The Kier molecular flexibility index (Phi) is 5.26. The maximum absolute atomic E-state index is 13.3. The van der Waals surface area contributed by atoms with Gasteiger partial charge in [-0.25, -0.2) is 8.78 Å². The summed E-state index contributed by atoms with van der Waals surface area (Å²) < 4.78 is 26.7. The summed E-state index contributed by atoms with van der Waals surface area (Å²) >= 11 is 0. The molecule has 0 aliphatic rings. The average Bonchev–Trinajstić information content (AvgIpc) is 2.59. The Labute approximate surface area is 157 Å². The molecule has 0 radical (unpaired) electrons. The Morgan fingerprint density at radius 2 is 1.37 bits per heavy atom. The Hall–Kier alpha value is -3.14. The summed E-state index contributed by atoms with van der Waals surface area (Å²) in [4.78, 5) is 0. The van der Waals surface area contributed by atoms with E-state index in [9.17, 15) is 19.0 Å². The molecule has 0 saturated heterocycles. The van der Waals surface area contributed by atoms with E-state index in [0.29, 0.717) is 16.7 Å². The van der Waals surface area contributed by atoms with Gasteiger partial charge in [0.05, 0.1) is 5.56 Å². The Morgan fingerprint density at radius 1 is 0.778 bits per heavy atom. The van der Waals surface area contributed by atoms with Crippen LogP contribution in [0.4, 0.5) is 8.78 Å². The van der Waals surface area contributed by atoms with Crippen LogP contribution in [0.15, 0.2) is 54.6 Å². The van der Waals surface area contributed by atoms with Crippen LogP contribution in [0.3, 0.4) is 0 Å². The molecule has 0 spiro atoms. The number of hydrogen-bond donors (Lipinski definition) is 2. The van der Waals surface area contributed by atoms with Crippen LogP contribution in [-0.4, -0.2) is 10.2 Å². The molecular formula is C23H20F2O2. The summed E-state index contributed by atoms with van der Waals surface area (Å²) in [6.45, 7) is 4.06. The van der Waals surface area contributed by atoms with Crippen molar-refractivity contribution >= 4 is 12.2 Å². The molecule has 0 fully saturated rings. The SMILES string of the molecule is CC(C)c1ccc(/C=C/c2cc(F)cc(F)c2)cc1-c1c(O)cccc1O. The summed E-state index contributed by atoms with van der Waals surface area (Å²) in [7, 11) is 0. The van der Waals surface area contributed by atoms with Crippen molar-refractivity contribution in [2.75, 3.05) is 0 Å². The summed E-state index contributed by atoms with van der Waals surface area (Å²) in [6.07, 6.45) is 3.35. The highest BCUT2D eigenvalue weighted by molar-refractivity contribution is 5.82. The van der Waals surface area contributed by atoms with Gasteiger partial charge in [-0.1, -0.05) is 44.2 Å². The lowest BCUT2D eigenvalue weighted by molar-refractivity contribution is 0.454. The number of rotatable bonds is 4. The maximum Gasteiger partial charge on any atom is 0.127 e. The van der Waals surface area contributed by atoms with E-state index < -0.39 is 11.6 Å². The third-order valence-corrected chi connectivity index (χ3v) is 4.34. The third kappa shape index (κ3) is 4.17. The molecule has 2 N–H and O–H groups in total. The molecule has 0 amide bonds. The van der Waals surface area contributed by atoms with E-state index in [1.165, 1.54) is 24.3 Å². The molecule has 0 bridgehead atoms. The summed E-state index contributed by atoms with van der Waals surface area (Å²) in [5, 5.41) is 20.5. The molecule has 2 nitrogen and oxygen atoms in total. The second kappa shape index (κ2) is 7.62. The van der Waals surface area contributed by atoms with Crippen LogP contribution in [0.2, 0.25) is 0 Å². The van der Waals surface area contributed by atoms with E-state index in [1.807, 2.05) is 32.0 Å². The van der Waals surface area contributed by atoms with Crippen LogP contribution >= 0.6 is 0 Å². The van der Waals surface area contributed by atoms with E-state index >= 15 is 0 Å². The van der Waals surface area contributed by atoms with Crippen LogP contribution in [-0.2, 0) is 0 Å². The number of benzene rings is 3. The molecule has 0 atom stereocenters. The first-order valence-electron chi connectivity index (χ1n) is 8.64. The summed E-state index contributed by atoms with van der Waals surface area (Å²) in [6, 6.07) is 13.6. The lowest BCUT2D eigenvalue weighted by Crippen LogP contribution is -1.94. The Bertz CT molecular complexity index is 967. The van der Waals surface area contributed by atoms with E-state index in [0.717, 1.165) is 17.2 Å². The molecule has 3 rings (SSSR count). The highest BCUT2D eigenvalue weighted by atomic mass is 19.1. The molecular weight excluding hydrogens is 346 g/mol. The predicted molar refractivity (Wildman–Crippen MR) is 105 cm³/mol. The van der Waals surface area contributed by atoms with Crippen molar-refractivity contribution in [3.63, 3.8) is 0 Å². The van der Waals surface area contributed by atoms with Crippen LogP contribution < -0.4 is 0 Å². The van der Waals surface area contributed by atoms with E-state index in [1.54, 1.807) is 18.2 Å². The zero-order chi connectivity index (χ0) is 19.6. The van der Waals surface area contributed by atoms with Gasteiger partial charge in [-0.15, -0.1) is 0 Å². The van der Waals surface area contributed by atoms with Gasteiger partial charge in [-0.3, -0.25) is 0 Å². The largest absolute Gasteiger partial charge is 0.507 e. The van der Waals surface area contributed by atoms with Crippen molar-refractivity contribution in [1.29, 1.82) is 0 Å². The molecule has 138 valence electrons. The average molecular weight is 366 g/mol. The Morgan fingerprint density at radius 3 is 1.96 bits per heavy atom. The fraction of sp³-hybridized carbons (Fsp3) is 0.130. The third-order valence-electron chi connectivity index (χ3n) is 4.34. The minimum atomic E-state index is -0.635.